The normalized spacial score (nSPS) is 11.8. The van der Waals surface area contributed by atoms with Crippen LogP contribution in [-0.2, 0) is 17.9 Å². The van der Waals surface area contributed by atoms with Crippen LogP contribution < -0.4 is 0 Å². The van der Waals surface area contributed by atoms with Crippen molar-refractivity contribution in [3.8, 4) is 11.3 Å². The van der Waals surface area contributed by atoms with E-state index in [1.165, 1.54) is 22.2 Å². The first-order chi connectivity index (χ1) is 10.6. The Kier molecular flexibility index (Phi) is 5.89. The van der Waals surface area contributed by atoms with E-state index in [2.05, 4.69) is 72.2 Å². The molecule has 0 saturated heterocycles. The highest BCUT2D eigenvalue weighted by molar-refractivity contribution is 7.73. The lowest BCUT2D eigenvalue weighted by atomic mass is 10.1. The minimum atomic E-state index is -2.86. The lowest BCUT2D eigenvalue weighted by Crippen LogP contribution is -1.98. The van der Waals surface area contributed by atoms with Gasteiger partial charge in [-0.3, -0.25) is 0 Å². The van der Waals surface area contributed by atoms with Gasteiger partial charge in [0, 0.05) is 23.1 Å². The molecule has 2 aromatic carbocycles. The summed E-state index contributed by atoms with van der Waals surface area (Å²) in [5, 5.41) is 1.32. The molecule has 0 amide bonds. The molecule has 1 atom stereocenters. The number of rotatable bonds is 3. The van der Waals surface area contributed by atoms with Crippen molar-refractivity contribution in [1.82, 2.24) is 4.57 Å². The SMILES string of the molecule is CCCn1c(-c2ccccc2)cc2ccccc21.O=S([O-])O. The van der Waals surface area contributed by atoms with Crippen molar-refractivity contribution >= 4 is 22.3 Å². The zero-order valence-corrected chi connectivity index (χ0v) is 13.1. The first-order valence-electron chi connectivity index (χ1n) is 7.05. The third-order valence-corrected chi connectivity index (χ3v) is 3.33. The van der Waals surface area contributed by atoms with E-state index in [0.29, 0.717) is 0 Å². The maximum absolute atomic E-state index is 8.56. The Morgan fingerprint density at radius 1 is 1.09 bits per heavy atom. The third-order valence-electron chi connectivity index (χ3n) is 3.33. The average molecular weight is 316 g/mol. The van der Waals surface area contributed by atoms with Gasteiger partial charge in [0.05, 0.1) is 11.4 Å². The molecular weight excluding hydrogens is 298 g/mol. The molecule has 0 bridgehead atoms. The molecule has 116 valence electrons. The Labute approximate surface area is 132 Å². The molecule has 3 aromatic rings. The van der Waals surface area contributed by atoms with Gasteiger partial charge in [-0.25, -0.2) is 4.21 Å². The fourth-order valence-electron chi connectivity index (χ4n) is 2.52. The van der Waals surface area contributed by atoms with E-state index in [0.717, 1.165) is 13.0 Å². The molecular formula is C17H18NO3S-. The molecule has 4 nitrogen and oxygen atoms in total. The van der Waals surface area contributed by atoms with Gasteiger partial charge in [-0.1, -0.05) is 55.5 Å². The molecule has 0 aliphatic rings. The number of aromatic nitrogens is 1. The largest absolute Gasteiger partial charge is 0.750 e. The van der Waals surface area contributed by atoms with Crippen LogP contribution in [-0.4, -0.2) is 17.9 Å². The maximum atomic E-state index is 8.56. The Balaban J connectivity index is 0.000000396. The van der Waals surface area contributed by atoms with Crippen molar-refractivity contribution < 1.29 is 13.3 Å². The first-order valence-corrected chi connectivity index (χ1v) is 8.08. The lowest BCUT2D eigenvalue weighted by Gasteiger charge is -2.09. The van der Waals surface area contributed by atoms with Crippen molar-refractivity contribution in [2.75, 3.05) is 0 Å². The number of nitrogens with zero attached hydrogens (tertiary/aromatic N) is 1. The highest BCUT2D eigenvalue weighted by Gasteiger charge is 2.08. The predicted octanol–water partition coefficient (Wildman–Crippen LogP) is 4.06. The van der Waals surface area contributed by atoms with Crippen molar-refractivity contribution in [2.24, 2.45) is 0 Å². The Morgan fingerprint density at radius 2 is 1.68 bits per heavy atom. The highest BCUT2D eigenvalue weighted by atomic mass is 32.2. The molecule has 0 spiro atoms. The molecule has 1 unspecified atom stereocenters. The van der Waals surface area contributed by atoms with E-state index >= 15 is 0 Å². The third kappa shape index (κ3) is 4.04. The minimum Gasteiger partial charge on any atom is -0.750 e. The smallest absolute Gasteiger partial charge is 0.0814 e. The number of hydrogen-bond donors (Lipinski definition) is 1. The second-order valence-electron chi connectivity index (χ2n) is 4.82. The zero-order valence-electron chi connectivity index (χ0n) is 12.3. The van der Waals surface area contributed by atoms with Crippen LogP contribution >= 0.6 is 0 Å². The molecule has 0 radical (unpaired) electrons. The summed E-state index contributed by atoms with van der Waals surface area (Å²) in [6.07, 6.45) is 1.15. The number of benzene rings is 2. The van der Waals surface area contributed by atoms with Gasteiger partial charge in [-0.05, 0) is 24.1 Å². The summed E-state index contributed by atoms with van der Waals surface area (Å²) in [5.41, 5.74) is 3.94. The standard InChI is InChI=1S/C17H17N.H2O3S/c1-2-12-18-16-11-7-6-10-15(16)13-17(18)14-8-4-3-5-9-14;1-4(2)3/h3-11,13H,2,12H2,1H3;(H2,1,2,3)/p-1. The predicted molar refractivity (Wildman–Crippen MR) is 89.2 cm³/mol. The fourth-order valence-corrected chi connectivity index (χ4v) is 2.52. The minimum absolute atomic E-state index is 1.07. The van der Waals surface area contributed by atoms with E-state index in [-0.39, 0.29) is 0 Å². The summed E-state index contributed by atoms with van der Waals surface area (Å²) in [6, 6.07) is 21.5. The van der Waals surface area contributed by atoms with E-state index in [4.69, 9.17) is 13.3 Å². The van der Waals surface area contributed by atoms with Crippen LogP contribution in [0.4, 0.5) is 0 Å². The lowest BCUT2D eigenvalue weighted by molar-refractivity contribution is 0.436. The summed E-state index contributed by atoms with van der Waals surface area (Å²) < 4.78 is 26.5. The molecule has 0 aliphatic carbocycles. The van der Waals surface area contributed by atoms with E-state index < -0.39 is 11.4 Å². The second kappa shape index (κ2) is 7.89. The molecule has 1 heterocycles. The maximum Gasteiger partial charge on any atom is 0.0814 e. The summed E-state index contributed by atoms with van der Waals surface area (Å²) in [6.45, 7) is 3.29. The van der Waals surface area contributed by atoms with Gasteiger partial charge in [0.2, 0.25) is 0 Å². The summed E-state index contributed by atoms with van der Waals surface area (Å²) in [4.78, 5) is 0. The fraction of sp³-hybridized carbons (Fsp3) is 0.176. The molecule has 0 saturated carbocycles. The summed E-state index contributed by atoms with van der Waals surface area (Å²) in [7, 11) is 0. The van der Waals surface area contributed by atoms with E-state index in [1.54, 1.807) is 0 Å². The number of aryl methyl sites for hydroxylation is 1. The van der Waals surface area contributed by atoms with Crippen LogP contribution in [0.2, 0.25) is 0 Å². The molecule has 0 aliphatic heterocycles. The van der Waals surface area contributed by atoms with Gasteiger partial charge in [0.1, 0.15) is 0 Å². The van der Waals surface area contributed by atoms with Crippen molar-refractivity contribution in [3.63, 3.8) is 0 Å². The average Bonchev–Trinajstić information content (AvgIpc) is 2.87. The monoisotopic (exact) mass is 316 g/mol. The van der Waals surface area contributed by atoms with Gasteiger partial charge in [0.25, 0.3) is 0 Å². The van der Waals surface area contributed by atoms with E-state index in [1.807, 2.05) is 0 Å². The van der Waals surface area contributed by atoms with Crippen LogP contribution in [0, 0.1) is 0 Å². The molecule has 0 fully saturated rings. The summed E-state index contributed by atoms with van der Waals surface area (Å²) >= 11 is -2.86. The highest BCUT2D eigenvalue weighted by Crippen LogP contribution is 2.28. The molecule has 22 heavy (non-hydrogen) atoms. The van der Waals surface area contributed by atoms with Crippen LogP contribution in [0.5, 0.6) is 0 Å². The summed E-state index contributed by atoms with van der Waals surface area (Å²) in [5.74, 6) is 0. The topological polar surface area (TPSA) is 65.3 Å². The molecule has 5 heteroatoms. The zero-order chi connectivity index (χ0) is 15.9. The van der Waals surface area contributed by atoms with Crippen molar-refractivity contribution in [2.45, 2.75) is 19.9 Å². The number of fused-ring (bicyclic) bond motifs is 1. The van der Waals surface area contributed by atoms with Crippen LogP contribution in [0.1, 0.15) is 13.3 Å². The molecule has 3 rings (SSSR count). The van der Waals surface area contributed by atoms with Gasteiger partial charge >= 0.3 is 0 Å². The van der Waals surface area contributed by atoms with Gasteiger partial charge < -0.3 is 13.7 Å². The van der Waals surface area contributed by atoms with Gasteiger partial charge in [-0.2, -0.15) is 0 Å². The molecule has 1 aromatic heterocycles. The van der Waals surface area contributed by atoms with Crippen molar-refractivity contribution in [3.05, 3.63) is 60.7 Å². The Hall–Kier alpha value is -1.95. The van der Waals surface area contributed by atoms with Crippen LogP contribution in [0.15, 0.2) is 60.7 Å². The quantitative estimate of drug-likeness (QED) is 0.741. The van der Waals surface area contributed by atoms with Crippen LogP contribution in [0.25, 0.3) is 22.2 Å². The van der Waals surface area contributed by atoms with Crippen LogP contribution in [0.3, 0.4) is 0 Å². The van der Waals surface area contributed by atoms with Gasteiger partial charge in [0.15, 0.2) is 0 Å². The second-order valence-corrected chi connectivity index (χ2v) is 5.26. The Morgan fingerprint density at radius 3 is 2.32 bits per heavy atom. The Bertz CT molecular complexity index is 749. The first kappa shape index (κ1) is 16.4. The molecule has 1 N–H and O–H groups in total. The van der Waals surface area contributed by atoms with Crippen molar-refractivity contribution in [1.29, 1.82) is 0 Å². The number of hydrogen-bond acceptors (Lipinski definition) is 2. The van der Waals surface area contributed by atoms with Gasteiger partial charge in [-0.15, -0.1) is 0 Å². The van der Waals surface area contributed by atoms with E-state index in [9.17, 15) is 0 Å². The number of para-hydroxylation sites is 1.